The summed E-state index contributed by atoms with van der Waals surface area (Å²) in [6, 6.07) is 6.02. The van der Waals surface area contributed by atoms with Crippen molar-refractivity contribution in [3.8, 4) is 0 Å². The number of rotatable bonds is 4. The summed E-state index contributed by atoms with van der Waals surface area (Å²) in [6.45, 7) is 5.70. The van der Waals surface area contributed by atoms with Gasteiger partial charge < -0.3 is 4.90 Å². The van der Waals surface area contributed by atoms with Crippen molar-refractivity contribution < 1.29 is 4.79 Å². The quantitative estimate of drug-likeness (QED) is 0.699. The van der Waals surface area contributed by atoms with Crippen LogP contribution in [-0.2, 0) is 24.3 Å². The number of aromatic nitrogens is 4. The zero-order valence-electron chi connectivity index (χ0n) is 17.9. The van der Waals surface area contributed by atoms with Crippen LogP contribution in [0.1, 0.15) is 54.6 Å². The van der Waals surface area contributed by atoms with Crippen molar-refractivity contribution >= 4 is 11.6 Å². The molecule has 3 aromatic heterocycles. The number of aromatic amines is 1. The fourth-order valence-corrected chi connectivity index (χ4v) is 4.83. The Hall–Kier alpha value is -3.00. The number of H-pyrrole nitrogens is 1. The van der Waals surface area contributed by atoms with E-state index in [0.717, 1.165) is 55.8 Å². The number of pyridine rings is 1. The lowest BCUT2D eigenvalue weighted by Crippen LogP contribution is -2.38. The molecule has 0 saturated carbocycles. The summed E-state index contributed by atoms with van der Waals surface area (Å²) in [6.07, 6.45) is 6.89. The molecule has 31 heavy (non-hydrogen) atoms. The van der Waals surface area contributed by atoms with Gasteiger partial charge >= 0.3 is 0 Å². The van der Waals surface area contributed by atoms with E-state index in [4.69, 9.17) is 4.98 Å². The van der Waals surface area contributed by atoms with Gasteiger partial charge in [-0.15, -0.1) is 0 Å². The number of carbonyl (C=O) groups excluding carboxylic acids is 1. The molecule has 1 atom stereocenters. The molecule has 2 aliphatic heterocycles. The molecule has 1 N–H and O–H groups in total. The molecule has 3 aromatic rings. The third-order valence-corrected chi connectivity index (χ3v) is 6.53. The zero-order chi connectivity index (χ0) is 21.4. The second kappa shape index (κ2) is 8.26. The van der Waals surface area contributed by atoms with Gasteiger partial charge in [0.15, 0.2) is 5.65 Å². The third-order valence-electron chi connectivity index (χ3n) is 6.53. The highest BCUT2D eigenvalue weighted by Crippen LogP contribution is 2.27. The second-order valence-corrected chi connectivity index (χ2v) is 8.60. The molecule has 0 aromatic carbocycles. The van der Waals surface area contributed by atoms with Gasteiger partial charge in [-0.3, -0.25) is 24.6 Å². The van der Waals surface area contributed by atoms with Gasteiger partial charge in [-0.25, -0.2) is 9.50 Å². The van der Waals surface area contributed by atoms with Crippen LogP contribution >= 0.6 is 0 Å². The highest BCUT2D eigenvalue weighted by Gasteiger charge is 2.27. The molecular weight excluding hydrogens is 392 g/mol. The molecule has 5 rings (SSSR count). The van der Waals surface area contributed by atoms with E-state index in [0.29, 0.717) is 25.2 Å². The van der Waals surface area contributed by atoms with Crippen LogP contribution in [0.3, 0.4) is 0 Å². The first-order valence-corrected chi connectivity index (χ1v) is 11.1. The van der Waals surface area contributed by atoms with Crippen molar-refractivity contribution in [3.05, 3.63) is 63.5 Å². The molecule has 1 saturated heterocycles. The van der Waals surface area contributed by atoms with Crippen LogP contribution in [0, 0.1) is 0 Å². The zero-order valence-corrected chi connectivity index (χ0v) is 17.9. The molecule has 0 unspecified atom stereocenters. The fourth-order valence-electron chi connectivity index (χ4n) is 4.83. The van der Waals surface area contributed by atoms with Crippen molar-refractivity contribution in [2.24, 2.45) is 0 Å². The number of hydrogen-bond donors (Lipinski definition) is 1. The Morgan fingerprint density at radius 1 is 1.26 bits per heavy atom. The number of nitrogens with one attached hydrogen (secondary N) is 1. The number of nitrogens with zero attached hydrogens (tertiary/aromatic N) is 5. The number of likely N-dealkylation sites (tertiary alicyclic amines) is 1. The average Bonchev–Trinajstić information content (AvgIpc) is 3.24. The normalized spacial score (nSPS) is 19.5. The van der Waals surface area contributed by atoms with E-state index >= 15 is 0 Å². The van der Waals surface area contributed by atoms with Gasteiger partial charge in [0.2, 0.25) is 5.91 Å². The van der Waals surface area contributed by atoms with Gasteiger partial charge in [0.1, 0.15) is 0 Å². The third kappa shape index (κ3) is 3.87. The lowest BCUT2D eigenvalue weighted by molar-refractivity contribution is -0.132. The van der Waals surface area contributed by atoms with Crippen molar-refractivity contribution in [2.45, 2.75) is 51.6 Å². The van der Waals surface area contributed by atoms with Crippen LogP contribution in [-0.4, -0.2) is 54.9 Å². The molecule has 8 nitrogen and oxygen atoms in total. The predicted molar refractivity (Wildman–Crippen MR) is 117 cm³/mol. The summed E-state index contributed by atoms with van der Waals surface area (Å²) < 4.78 is 1.59. The number of piperidine rings is 1. The van der Waals surface area contributed by atoms with Crippen LogP contribution < -0.4 is 5.56 Å². The van der Waals surface area contributed by atoms with E-state index in [1.807, 2.05) is 30.0 Å². The minimum absolute atomic E-state index is 0.0111. The summed E-state index contributed by atoms with van der Waals surface area (Å²) in [5, 5.41) is 3.30. The van der Waals surface area contributed by atoms with Gasteiger partial charge in [-0.1, -0.05) is 6.92 Å². The summed E-state index contributed by atoms with van der Waals surface area (Å²) >= 11 is 0. The lowest BCUT2D eigenvalue weighted by Gasteiger charge is -2.32. The molecule has 0 aliphatic carbocycles. The Bertz CT molecular complexity index is 1150. The summed E-state index contributed by atoms with van der Waals surface area (Å²) in [5.41, 5.74) is 4.54. The maximum Gasteiger partial charge on any atom is 0.277 e. The SMILES string of the molecule is CCC(=O)N1CCC[C@@H](c2cc3nc4c(c(=O)n3[nH]2)CN(Cc2ccncc2)CC4)C1. The smallest absolute Gasteiger partial charge is 0.277 e. The van der Waals surface area contributed by atoms with Crippen molar-refractivity contribution in [3.63, 3.8) is 0 Å². The van der Waals surface area contributed by atoms with E-state index in [1.165, 1.54) is 5.56 Å². The summed E-state index contributed by atoms with van der Waals surface area (Å²) in [5.74, 6) is 0.409. The second-order valence-electron chi connectivity index (χ2n) is 8.60. The van der Waals surface area contributed by atoms with E-state index in [1.54, 1.807) is 16.9 Å². The molecule has 2 aliphatic rings. The molecule has 5 heterocycles. The van der Waals surface area contributed by atoms with E-state index in [-0.39, 0.29) is 17.4 Å². The molecular formula is C23H28N6O2. The van der Waals surface area contributed by atoms with Crippen molar-refractivity contribution in [2.75, 3.05) is 19.6 Å². The number of fused-ring (bicyclic) bond motifs is 2. The number of hydrogen-bond acceptors (Lipinski definition) is 5. The molecule has 1 fully saturated rings. The Morgan fingerprint density at radius 2 is 2.10 bits per heavy atom. The maximum atomic E-state index is 13.3. The first-order valence-electron chi connectivity index (χ1n) is 11.1. The van der Waals surface area contributed by atoms with E-state index in [9.17, 15) is 9.59 Å². The number of amides is 1. The standard InChI is InChI=1S/C23H28N6O2/c1-2-22(30)28-10-3-4-17(14-28)20-12-21-25-19-7-11-27(13-16-5-8-24-9-6-16)15-18(19)23(31)29(21)26-20/h5-6,8-9,12,17,26H,2-4,7,10-11,13-15H2,1H3/t17-/m1/s1. The first kappa shape index (κ1) is 19.9. The molecule has 0 bridgehead atoms. The van der Waals surface area contributed by atoms with Crippen LogP contribution in [0.15, 0.2) is 35.4 Å². The number of carbonyl (C=O) groups is 1. The molecule has 0 spiro atoms. The summed E-state index contributed by atoms with van der Waals surface area (Å²) in [4.78, 5) is 38.5. The van der Waals surface area contributed by atoms with Crippen molar-refractivity contribution in [1.82, 2.24) is 29.4 Å². The van der Waals surface area contributed by atoms with Crippen LogP contribution in [0.2, 0.25) is 0 Å². The monoisotopic (exact) mass is 420 g/mol. The van der Waals surface area contributed by atoms with Crippen LogP contribution in [0.25, 0.3) is 5.65 Å². The predicted octanol–water partition coefficient (Wildman–Crippen LogP) is 2.09. The average molecular weight is 421 g/mol. The topological polar surface area (TPSA) is 86.6 Å². The Balaban J connectivity index is 1.40. The van der Waals surface area contributed by atoms with Crippen LogP contribution in [0.5, 0.6) is 0 Å². The van der Waals surface area contributed by atoms with Crippen molar-refractivity contribution in [1.29, 1.82) is 0 Å². The van der Waals surface area contributed by atoms with Gasteiger partial charge in [0.25, 0.3) is 5.56 Å². The summed E-state index contributed by atoms with van der Waals surface area (Å²) in [7, 11) is 0. The molecule has 162 valence electrons. The van der Waals surface area contributed by atoms with E-state index in [2.05, 4.69) is 15.0 Å². The van der Waals surface area contributed by atoms with Gasteiger partial charge in [0, 0.05) is 75.6 Å². The van der Waals surface area contributed by atoms with Gasteiger partial charge in [0.05, 0.1) is 11.3 Å². The van der Waals surface area contributed by atoms with Gasteiger partial charge in [-0.05, 0) is 30.5 Å². The fraction of sp³-hybridized carbons (Fsp3) is 0.478. The Morgan fingerprint density at radius 3 is 2.90 bits per heavy atom. The largest absolute Gasteiger partial charge is 0.342 e. The minimum atomic E-state index is -0.0111. The molecule has 8 heteroatoms. The van der Waals surface area contributed by atoms with E-state index < -0.39 is 0 Å². The molecule has 1 amide bonds. The Labute approximate surface area is 180 Å². The van der Waals surface area contributed by atoms with Crippen LogP contribution in [0.4, 0.5) is 0 Å². The first-order chi connectivity index (χ1) is 15.1. The highest BCUT2D eigenvalue weighted by atomic mass is 16.2. The minimum Gasteiger partial charge on any atom is -0.342 e. The highest BCUT2D eigenvalue weighted by molar-refractivity contribution is 5.76. The maximum absolute atomic E-state index is 13.3. The van der Waals surface area contributed by atoms with Gasteiger partial charge in [-0.2, -0.15) is 0 Å². The Kier molecular flexibility index (Phi) is 5.31. The lowest BCUT2D eigenvalue weighted by atomic mass is 9.94. The molecule has 0 radical (unpaired) electrons.